The van der Waals surface area contributed by atoms with Crippen molar-refractivity contribution >= 4 is 17.9 Å². The molecular weight excluding hydrogens is 949 g/mol. The number of carbonyl (C=O) groups is 3. The van der Waals surface area contributed by atoms with Gasteiger partial charge in [0, 0.05) is 19.3 Å². The van der Waals surface area contributed by atoms with Crippen LogP contribution in [0, 0.1) is 0 Å². The Morgan fingerprint density at radius 2 is 0.519 bits per heavy atom. The van der Waals surface area contributed by atoms with E-state index in [2.05, 4.69) is 106 Å². The minimum absolute atomic E-state index is 0.0811. The van der Waals surface area contributed by atoms with Crippen LogP contribution in [0.1, 0.15) is 329 Å². The van der Waals surface area contributed by atoms with Crippen LogP contribution in [0.4, 0.5) is 0 Å². The van der Waals surface area contributed by atoms with Gasteiger partial charge in [0.2, 0.25) is 0 Å². The van der Waals surface area contributed by atoms with Gasteiger partial charge < -0.3 is 14.2 Å². The number of esters is 3. The van der Waals surface area contributed by atoms with Gasteiger partial charge in [-0.3, -0.25) is 14.4 Å². The smallest absolute Gasteiger partial charge is 0.306 e. The number of hydrogen-bond donors (Lipinski definition) is 0. The summed E-state index contributed by atoms with van der Waals surface area (Å²) in [7, 11) is 0. The number of allylic oxidation sites excluding steroid dienone is 14. The summed E-state index contributed by atoms with van der Waals surface area (Å²) in [6.45, 7) is 6.51. The van der Waals surface area contributed by atoms with E-state index in [-0.39, 0.29) is 31.1 Å². The van der Waals surface area contributed by atoms with Gasteiger partial charge in [-0.25, -0.2) is 0 Å². The summed E-state index contributed by atoms with van der Waals surface area (Å²) in [5.41, 5.74) is 0. The van der Waals surface area contributed by atoms with Crippen molar-refractivity contribution in [1.82, 2.24) is 0 Å². The highest BCUT2D eigenvalue weighted by molar-refractivity contribution is 5.71. The van der Waals surface area contributed by atoms with Gasteiger partial charge in [0.25, 0.3) is 0 Å². The van der Waals surface area contributed by atoms with Gasteiger partial charge >= 0.3 is 17.9 Å². The Labute approximate surface area is 477 Å². The molecule has 6 nitrogen and oxygen atoms in total. The van der Waals surface area contributed by atoms with E-state index in [0.29, 0.717) is 19.3 Å². The molecule has 0 aromatic heterocycles. The number of hydrogen-bond acceptors (Lipinski definition) is 6. The van der Waals surface area contributed by atoms with Crippen LogP contribution in [0.5, 0.6) is 0 Å². The fourth-order valence-corrected chi connectivity index (χ4v) is 9.39. The van der Waals surface area contributed by atoms with Gasteiger partial charge in [0.05, 0.1) is 0 Å². The van der Waals surface area contributed by atoms with Crippen LogP contribution in [0.3, 0.4) is 0 Å². The molecule has 444 valence electrons. The minimum Gasteiger partial charge on any atom is -0.462 e. The molecule has 0 heterocycles. The van der Waals surface area contributed by atoms with Crippen molar-refractivity contribution in [2.45, 2.75) is 335 Å². The second kappa shape index (κ2) is 65.1. The van der Waals surface area contributed by atoms with Gasteiger partial charge in [-0.15, -0.1) is 0 Å². The summed E-state index contributed by atoms with van der Waals surface area (Å²) in [5.74, 6) is -0.884. The second-order valence-corrected chi connectivity index (χ2v) is 22.0. The number of rotatable bonds is 60. The lowest BCUT2D eigenvalue weighted by atomic mass is 10.0. The van der Waals surface area contributed by atoms with Gasteiger partial charge in [-0.1, -0.05) is 286 Å². The summed E-state index contributed by atoms with van der Waals surface area (Å²) < 4.78 is 16.9. The van der Waals surface area contributed by atoms with Crippen molar-refractivity contribution < 1.29 is 28.6 Å². The van der Waals surface area contributed by atoms with E-state index in [9.17, 15) is 14.4 Å². The molecule has 0 aromatic carbocycles. The Morgan fingerprint density at radius 1 is 0.273 bits per heavy atom. The zero-order chi connectivity index (χ0) is 55.7. The van der Waals surface area contributed by atoms with E-state index in [0.717, 1.165) is 103 Å². The first kappa shape index (κ1) is 73.6. The number of carbonyl (C=O) groups excluding carboxylic acids is 3. The molecule has 0 aliphatic carbocycles. The third kappa shape index (κ3) is 63.3. The van der Waals surface area contributed by atoms with E-state index in [1.54, 1.807) is 0 Å². The van der Waals surface area contributed by atoms with E-state index < -0.39 is 6.10 Å². The normalized spacial score (nSPS) is 12.6. The van der Waals surface area contributed by atoms with Gasteiger partial charge in [-0.2, -0.15) is 0 Å². The standard InChI is InChI=1S/C71H124O6/c1-4-7-10-13-16-19-22-24-26-28-30-32-34-35-37-38-40-42-44-46-49-52-55-58-61-64-70(73)76-67-68(66-75-69(72)63-60-57-54-51-48-21-18-15-12-9-6-3)77-71(74)65-62-59-56-53-50-47-45-43-41-39-36-33-31-29-27-25-23-20-17-14-11-8-5-2/h7,10,15-16,18-19,24,26,29-32,35,37,68H,4-6,8-9,11-14,17,20-23,25,27-28,33-34,36,38-67H2,1-3H3/b10-7-,18-15-,19-16-,26-24-,31-29-,32-30-,37-35-. The monoisotopic (exact) mass is 1070 g/mol. The topological polar surface area (TPSA) is 78.9 Å². The van der Waals surface area contributed by atoms with Crippen LogP contribution in [-0.4, -0.2) is 37.2 Å². The Balaban J connectivity index is 4.27. The second-order valence-electron chi connectivity index (χ2n) is 22.0. The number of ether oxygens (including phenoxy) is 3. The van der Waals surface area contributed by atoms with Crippen molar-refractivity contribution in [2.75, 3.05) is 13.2 Å². The van der Waals surface area contributed by atoms with E-state index >= 15 is 0 Å². The van der Waals surface area contributed by atoms with Crippen LogP contribution in [-0.2, 0) is 28.6 Å². The van der Waals surface area contributed by atoms with Crippen LogP contribution in [0.25, 0.3) is 0 Å². The van der Waals surface area contributed by atoms with Crippen molar-refractivity contribution in [3.63, 3.8) is 0 Å². The van der Waals surface area contributed by atoms with Crippen LogP contribution in [0.15, 0.2) is 85.1 Å². The first-order valence-corrected chi connectivity index (χ1v) is 33.1. The van der Waals surface area contributed by atoms with E-state index in [1.807, 2.05) is 0 Å². The maximum atomic E-state index is 12.9. The minimum atomic E-state index is -0.783. The average molecular weight is 1070 g/mol. The third-order valence-corrected chi connectivity index (χ3v) is 14.4. The largest absolute Gasteiger partial charge is 0.462 e. The summed E-state index contributed by atoms with van der Waals surface area (Å²) in [6.07, 6.45) is 86.0. The van der Waals surface area contributed by atoms with Gasteiger partial charge in [0.1, 0.15) is 13.2 Å². The molecule has 0 amide bonds. The van der Waals surface area contributed by atoms with Gasteiger partial charge in [0.15, 0.2) is 6.10 Å². The van der Waals surface area contributed by atoms with E-state index in [4.69, 9.17) is 14.2 Å². The SMILES string of the molecule is CC/C=C\C/C=C\C/C=C\C/C=C\C/C=C\CCCCCCCCCCCC(=O)OCC(COC(=O)CCCCCCC/C=C\CCCC)OC(=O)CCCCCCCCCCCCC/C=C\CCCCCCCCCC. The quantitative estimate of drug-likeness (QED) is 0.0261. The first-order chi connectivity index (χ1) is 38.0. The molecule has 1 atom stereocenters. The molecule has 1 unspecified atom stereocenters. The predicted octanol–water partition coefficient (Wildman–Crippen LogP) is 22.7. The van der Waals surface area contributed by atoms with Crippen molar-refractivity contribution in [1.29, 1.82) is 0 Å². The lowest BCUT2D eigenvalue weighted by Crippen LogP contribution is -2.30. The fraction of sp³-hybridized carbons (Fsp3) is 0.761. The first-order valence-electron chi connectivity index (χ1n) is 33.1. The molecule has 0 N–H and O–H groups in total. The van der Waals surface area contributed by atoms with Crippen LogP contribution >= 0.6 is 0 Å². The average Bonchev–Trinajstić information content (AvgIpc) is 3.43. The van der Waals surface area contributed by atoms with Gasteiger partial charge in [-0.05, 0) is 109 Å². The summed E-state index contributed by atoms with van der Waals surface area (Å²) in [4.78, 5) is 38.3. The Hall–Kier alpha value is -3.41. The van der Waals surface area contributed by atoms with Crippen molar-refractivity contribution in [3.05, 3.63) is 85.1 Å². The molecule has 77 heavy (non-hydrogen) atoms. The molecular formula is C71H124O6. The molecule has 6 heteroatoms. The summed E-state index contributed by atoms with van der Waals surface area (Å²) in [5, 5.41) is 0. The number of unbranched alkanes of at least 4 members (excludes halogenated alkanes) is 35. The summed E-state index contributed by atoms with van der Waals surface area (Å²) >= 11 is 0. The highest BCUT2D eigenvalue weighted by Crippen LogP contribution is 2.17. The summed E-state index contributed by atoms with van der Waals surface area (Å²) in [6, 6.07) is 0. The molecule has 0 aromatic rings. The lowest BCUT2D eigenvalue weighted by Gasteiger charge is -2.18. The molecule has 0 aliphatic rings. The fourth-order valence-electron chi connectivity index (χ4n) is 9.39. The van der Waals surface area contributed by atoms with Crippen molar-refractivity contribution in [3.8, 4) is 0 Å². The van der Waals surface area contributed by atoms with Crippen LogP contribution < -0.4 is 0 Å². The highest BCUT2D eigenvalue weighted by Gasteiger charge is 2.19. The van der Waals surface area contributed by atoms with E-state index in [1.165, 1.54) is 186 Å². The molecule has 0 bridgehead atoms. The lowest BCUT2D eigenvalue weighted by molar-refractivity contribution is -0.167. The Bertz CT molecular complexity index is 1470. The highest BCUT2D eigenvalue weighted by atomic mass is 16.6. The zero-order valence-electron chi connectivity index (χ0n) is 51.0. The molecule has 0 saturated heterocycles. The Morgan fingerprint density at radius 3 is 0.844 bits per heavy atom. The maximum Gasteiger partial charge on any atom is 0.306 e. The van der Waals surface area contributed by atoms with Crippen LogP contribution in [0.2, 0.25) is 0 Å². The maximum absolute atomic E-state index is 12.9. The molecule has 0 spiro atoms. The molecule has 0 saturated carbocycles. The predicted molar refractivity (Wildman–Crippen MR) is 334 cm³/mol. The molecule has 0 radical (unpaired) electrons. The Kier molecular flexibility index (Phi) is 62.2. The molecule has 0 rings (SSSR count). The van der Waals surface area contributed by atoms with Crippen molar-refractivity contribution in [2.24, 2.45) is 0 Å². The third-order valence-electron chi connectivity index (χ3n) is 14.4. The molecule has 0 aliphatic heterocycles. The molecule has 0 fully saturated rings. The zero-order valence-corrected chi connectivity index (χ0v) is 51.0.